The number of amides is 2. The van der Waals surface area contributed by atoms with E-state index < -0.39 is 31.2 Å². The molecule has 20 heavy (non-hydrogen) atoms. The van der Waals surface area contributed by atoms with Gasteiger partial charge in [0, 0.05) is 13.1 Å². The Morgan fingerprint density at radius 1 is 1.20 bits per heavy atom. The number of hydrogen-bond acceptors (Lipinski definition) is 5. The van der Waals surface area contributed by atoms with Crippen LogP contribution in [0.3, 0.4) is 0 Å². The largest absolute Gasteiger partial charge is 0.334 e. The third-order valence-corrected chi connectivity index (χ3v) is 7.81. The van der Waals surface area contributed by atoms with Crippen molar-refractivity contribution in [2.24, 2.45) is 0 Å². The van der Waals surface area contributed by atoms with Gasteiger partial charge in [-0.15, -0.1) is 0 Å². The van der Waals surface area contributed by atoms with E-state index in [1.165, 1.54) is 4.90 Å². The van der Waals surface area contributed by atoms with Gasteiger partial charge in [-0.1, -0.05) is 0 Å². The van der Waals surface area contributed by atoms with E-state index in [4.69, 9.17) is 0 Å². The molecule has 7 nitrogen and oxygen atoms in total. The average molecular weight is 324 g/mol. The highest BCUT2D eigenvalue weighted by atomic mass is 32.2. The quantitative estimate of drug-likeness (QED) is 0.730. The van der Waals surface area contributed by atoms with Gasteiger partial charge in [-0.05, 0) is 19.8 Å². The molecule has 2 fully saturated rings. The Bertz CT molecular complexity index is 613. The summed E-state index contributed by atoms with van der Waals surface area (Å²) in [6.07, 6.45) is 0.819. The van der Waals surface area contributed by atoms with Crippen LogP contribution in [0.1, 0.15) is 19.8 Å². The maximum absolute atomic E-state index is 12.1. The molecule has 116 valence electrons. The number of carbonyl (C=O) groups excluding carboxylic acids is 1. The molecule has 9 heteroatoms. The molecule has 0 unspecified atom stereocenters. The summed E-state index contributed by atoms with van der Waals surface area (Å²) in [7, 11) is -4.59. The van der Waals surface area contributed by atoms with Crippen LogP contribution in [-0.4, -0.2) is 69.4 Å². The molecule has 0 aliphatic carbocycles. The van der Waals surface area contributed by atoms with Crippen LogP contribution in [0.2, 0.25) is 0 Å². The molecule has 2 saturated heterocycles. The van der Waals surface area contributed by atoms with Crippen molar-refractivity contribution in [3.05, 3.63) is 0 Å². The molecule has 0 aromatic rings. The van der Waals surface area contributed by atoms with Crippen molar-refractivity contribution in [3.63, 3.8) is 0 Å². The maximum atomic E-state index is 12.1. The molecule has 2 heterocycles. The van der Waals surface area contributed by atoms with Crippen molar-refractivity contribution < 1.29 is 21.6 Å². The molecular formula is C11H20N2O5S2. The lowest BCUT2D eigenvalue weighted by Gasteiger charge is -2.35. The topological polar surface area (TPSA) is 101 Å². The van der Waals surface area contributed by atoms with Crippen molar-refractivity contribution in [1.82, 2.24) is 10.2 Å². The smallest absolute Gasteiger partial charge is 0.317 e. The molecule has 0 spiro atoms. The molecule has 2 atom stereocenters. The van der Waals surface area contributed by atoms with Crippen LogP contribution in [-0.2, 0) is 19.7 Å². The van der Waals surface area contributed by atoms with E-state index in [9.17, 15) is 21.6 Å². The van der Waals surface area contributed by atoms with Crippen molar-refractivity contribution in [2.75, 3.05) is 30.1 Å². The lowest BCUT2D eigenvalue weighted by molar-refractivity contribution is 0.157. The number of urea groups is 1. The van der Waals surface area contributed by atoms with Gasteiger partial charge < -0.3 is 10.2 Å². The lowest BCUT2D eigenvalue weighted by atomic mass is 10.0. The van der Waals surface area contributed by atoms with Crippen LogP contribution in [0.25, 0.3) is 0 Å². The summed E-state index contributed by atoms with van der Waals surface area (Å²) in [5.74, 6) is 0.0840. The Morgan fingerprint density at radius 2 is 1.85 bits per heavy atom. The second kappa shape index (κ2) is 4.87. The van der Waals surface area contributed by atoms with Crippen molar-refractivity contribution in [2.45, 2.75) is 31.3 Å². The normalized spacial score (nSPS) is 34.8. The van der Waals surface area contributed by atoms with Crippen LogP contribution in [0.4, 0.5) is 4.79 Å². The minimum atomic E-state index is -3.10. The molecule has 2 amide bonds. The van der Waals surface area contributed by atoms with Gasteiger partial charge in [-0.3, -0.25) is 0 Å². The van der Waals surface area contributed by atoms with Crippen LogP contribution in [0.5, 0.6) is 0 Å². The van der Waals surface area contributed by atoms with Crippen LogP contribution in [0, 0.1) is 0 Å². The Hall–Kier alpha value is -0.830. The molecule has 2 aliphatic heterocycles. The Labute approximate surface area is 119 Å². The summed E-state index contributed by atoms with van der Waals surface area (Å²) in [4.78, 5) is 13.5. The van der Waals surface area contributed by atoms with Gasteiger partial charge in [-0.25, -0.2) is 21.6 Å². The summed E-state index contributed by atoms with van der Waals surface area (Å²) in [5, 5.41) is 2.68. The van der Waals surface area contributed by atoms with Crippen LogP contribution >= 0.6 is 0 Å². The molecule has 2 rings (SSSR count). The highest BCUT2D eigenvalue weighted by Gasteiger charge is 2.44. The maximum Gasteiger partial charge on any atom is 0.317 e. The zero-order valence-electron chi connectivity index (χ0n) is 11.6. The predicted octanol–water partition coefficient (Wildman–Crippen LogP) is -0.608. The van der Waals surface area contributed by atoms with Crippen molar-refractivity contribution in [3.8, 4) is 0 Å². The van der Waals surface area contributed by atoms with E-state index in [2.05, 4.69) is 5.32 Å². The van der Waals surface area contributed by atoms with E-state index in [0.29, 0.717) is 12.8 Å². The monoisotopic (exact) mass is 324 g/mol. The number of carbonyl (C=O) groups is 1. The number of rotatable bonds is 2. The minimum Gasteiger partial charge on any atom is -0.334 e. The highest BCUT2D eigenvalue weighted by Crippen LogP contribution is 2.28. The number of nitrogens with zero attached hydrogens (tertiary/aromatic N) is 1. The fourth-order valence-electron chi connectivity index (χ4n) is 2.68. The first-order chi connectivity index (χ1) is 9.03. The Kier molecular flexibility index (Phi) is 3.79. The molecular weight excluding hydrogens is 304 g/mol. The predicted molar refractivity (Wildman–Crippen MR) is 75.0 cm³/mol. The first kappa shape index (κ1) is 15.6. The van der Waals surface area contributed by atoms with Gasteiger partial charge in [0.05, 0.1) is 28.6 Å². The van der Waals surface area contributed by atoms with Gasteiger partial charge in [0.1, 0.15) is 0 Å². The number of hydrogen-bond donors (Lipinski definition) is 1. The third kappa shape index (κ3) is 3.25. The van der Waals surface area contributed by atoms with E-state index in [1.807, 2.05) is 0 Å². The van der Waals surface area contributed by atoms with E-state index in [0.717, 1.165) is 0 Å². The summed E-state index contributed by atoms with van der Waals surface area (Å²) < 4.78 is 45.8. The SMILES string of the molecule is CN(C(=O)N[C@@H]1CCS(=O)(=O)C1)[C@@]1(C)CCS(=O)(=O)C1. The molecule has 1 N–H and O–H groups in total. The second-order valence-electron chi connectivity index (χ2n) is 5.95. The summed E-state index contributed by atoms with van der Waals surface area (Å²) >= 11 is 0. The van der Waals surface area contributed by atoms with E-state index in [1.54, 1.807) is 14.0 Å². The summed E-state index contributed by atoms with van der Waals surface area (Å²) in [5.41, 5.74) is -0.722. The fourth-order valence-corrected chi connectivity index (χ4v) is 6.54. The van der Waals surface area contributed by atoms with Gasteiger partial charge in [0.25, 0.3) is 0 Å². The molecule has 0 bridgehead atoms. The van der Waals surface area contributed by atoms with Gasteiger partial charge >= 0.3 is 6.03 Å². The molecule has 0 aromatic heterocycles. The zero-order chi connectivity index (χ0) is 15.2. The summed E-state index contributed by atoms with van der Waals surface area (Å²) in [6, 6.07) is -0.789. The number of sulfone groups is 2. The van der Waals surface area contributed by atoms with E-state index >= 15 is 0 Å². The highest BCUT2D eigenvalue weighted by molar-refractivity contribution is 7.92. The standard InChI is InChI=1S/C11H20N2O5S2/c1-11(4-6-20(17,18)8-11)13(2)10(14)12-9-3-5-19(15,16)7-9/h9H,3-8H2,1-2H3,(H,12,14)/t9-,11+/m1/s1. The Balaban J connectivity index is 2.00. The first-order valence-electron chi connectivity index (χ1n) is 6.48. The van der Waals surface area contributed by atoms with Crippen molar-refractivity contribution >= 4 is 25.7 Å². The van der Waals surface area contributed by atoms with E-state index in [-0.39, 0.29) is 29.1 Å². The molecule has 0 aromatic carbocycles. The second-order valence-corrected chi connectivity index (χ2v) is 10.4. The third-order valence-electron chi connectivity index (χ3n) is 4.16. The molecule has 0 radical (unpaired) electrons. The fraction of sp³-hybridized carbons (Fsp3) is 0.909. The summed E-state index contributed by atoms with van der Waals surface area (Å²) in [6.45, 7) is 1.74. The average Bonchev–Trinajstić information content (AvgIpc) is 2.78. The minimum absolute atomic E-state index is 0.0401. The number of nitrogens with one attached hydrogen (secondary N) is 1. The van der Waals surface area contributed by atoms with Crippen LogP contribution in [0.15, 0.2) is 0 Å². The van der Waals surface area contributed by atoms with Gasteiger partial charge in [0.2, 0.25) is 0 Å². The van der Waals surface area contributed by atoms with Gasteiger partial charge in [0.15, 0.2) is 19.7 Å². The van der Waals surface area contributed by atoms with Gasteiger partial charge in [-0.2, -0.15) is 0 Å². The first-order valence-corrected chi connectivity index (χ1v) is 10.1. The molecule has 0 saturated carbocycles. The zero-order valence-corrected chi connectivity index (χ0v) is 13.3. The van der Waals surface area contributed by atoms with Crippen molar-refractivity contribution in [1.29, 1.82) is 0 Å². The van der Waals surface area contributed by atoms with Crippen LogP contribution < -0.4 is 5.32 Å². The molecule has 2 aliphatic rings. The Morgan fingerprint density at radius 3 is 2.30 bits per heavy atom. The lowest BCUT2D eigenvalue weighted by Crippen LogP contribution is -2.54.